The minimum Gasteiger partial charge on any atom is -0.377 e. The van der Waals surface area contributed by atoms with Gasteiger partial charge in [0.1, 0.15) is 0 Å². The number of methoxy groups -OCH3 is 1. The van der Waals surface area contributed by atoms with Crippen LogP contribution in [0.3, 0.4) is 0 Å². The Morgan fingerprint density at radius 1 is 1.25 bits per heavy atom. The smallest absolute Gasteiger partial charge is 0.377 e. The lowest BCUT2D eigenvalue weighted by Crippen LogP contribution is -2.21. The molecule has 5 nitrogen and oxygen atoms in total. The van der Waals surface area contributed by atoms with Crippen molar-refractivity contribution in [2.75, 3.05) is 19.5 Å². The molecular formula is C15H17F3O5S. The molecule has 0 saturated heterocycles. The molecule has 1 unspecified atom stereocenters. The van der Waals surface area contributed by atoms with Crippen molar-refractivity contribution in [3.63, 3.8) is 0 Å². The van der Waals surface area contributed by atoms with E-state index < -0.39 is 34.8 Å². The number of halogens is 3. The third kappa shape index (κ3) is 8.23. The number of Topliss-reactive ketones (excluding diaryl/α,β-unsaturated/α-hetero) is 1. The Balaban J connectivity index is 2.55. The normalized spacial score (nSPS) is 14.0. The summed E-state index contributed by atoms with van der Waals surface area (Å²) in [6, 6.07) is 8.43. The van der Waals surface area contributed by atoms with E-state index >= 15 is 0 Å². The molecule has 0 saturated carbocycles. The van der Waals surface area contributed by atoms with Gasteiger partial charge in [0.25, 0.3) is 10.1 Å². The summed E-state index contributed by atoms with van der Waals surface area (Å²) >= 11 is 0. The molecule has 1 atom stereocenters. The van der Waals surface area contributed by atoms with Gasteiger partial charge >= 0.3 is 6.18 Å². The van der Waals surface area contributed by atoms with Gasteiger partial charge in [-0.25, -0.2) is 0 Å². The van der Waals surface area contributed by atoms with Gasteiger partial charge in [-0.2, -0.15) is 21.6 Å². The van der Waals surface area contributed by atoms with Crippen LogP contribution in [0.2, 0.25) is 0 Å². The zero-order valence-electron chi connectivity index (χ0n) is 12.8. The van der Waals surface area contributed by atoms with Gasteiger partial charge < -0.3 is 4.74 Å². The summed E-state index contributed by atoms with van der Waals surface area (Å²) in [4.78, 5) is 12.0. The number of ketones is 1. The molecule has 1 aromatic rings. The Morgan fingerprint density at radius 3 is 2.42 bits per heavy atom. The second-order valence-corrected chi connectivity index (χ2v) is 6.48. The predicted octanol–water partition coefficient (Wildman–Crippen LogP) is 2.74. The predicted molar refractivity (Wildman–Crippen MR) is 81.1 cm³/mol. The number of hydrogen-bond donors (Lipinski definition) is 0. The standard InChI is InChI=1S/C15H17F3O5S/c1-22-13(10-14(19)12-6-3-2-4-7-12)8-5-9-24(20,21)23-11-15(16,17)18/h2-8,13H,9-11H2,1H3/b8-5-. The molecule has 0 radical (unpaired) electrons. The molecule has 0 fully saturated rings. The highest BCUT2D eigenvalue weighted by Crippen LogP contribution is 2.16. The largest absolute Gasteiger partial charge is 0.413 e. The van der Waals surface area contributed by atoms with Crippen LogP contribution < -0.4 is 0 Å². The van der Waals surface area contributed by atoms with Crippen molar-refractivity contribution in [1.82, 2.24) is 0 Å². The second-order valence-electron chi connectivity index (χ2n) is 4.80. The van der Waals surface area contributed by atoms with Gasteiger partial charge in [0.05, 0.1) is 11.9 Å². The molecular weight excluding hydrogens is 349 g/mol. The molecule has 24 heavy (non-hydrogen) atoms. The Bertz CT molecular complexity index is 653. The van der Waals surface area contributed by atoms with E-state index in [9.17, 15) is 26.4 Å². The minimum atomic E-state index is -4.73. The van der Waals surface area contributed by atoms with Crippen LogP contribution in [0.15, 0.2) is 42.5 Å². The maximum atomic E-state index is 12.0. The zero-order chi connectivity index (χ0) is 18.2. The summed E-state index contributed by atoms with van der Waals surface area (Å²) in [5.74, 6) is -0.953. The summed E-state index contributed by atoms with van der Waals surface area (Å²) in [5.41, 5.74) is 0.481. The highest BCUT2D eigenvalue weighted by atomic mass is 32.2. The van der Waals surface area contributed by atoms with Crippen LogP contribution >= 0.6 is 0 Å². The molecule has 0 aromatic heterocycles. The van der Waals surface area contributed by atoms with E-state index in [0.29, 0.717) is 5.56 Å². The van der Waals surface area contributed by atoms with Gasteiger partial charge in [-0.05, 0) is 0 Å². The molecule has 0 aliphatic rings. The lowest BCUT2D eigenvalue weighted by molar-refractivity contribution is -0.152. The maximum Gasteiger partial charge on any atom is 0.413 e. The average Bonchev–Trinajstić information content (AvgIpc) is 2.52. The Labute approximate surface area is 138 Å². The van der Waals surface area contributed by atoms with Crippen LogP contribution in [-0.4, -0.2) is 46.0 Å². The van der Waals surface area contributed by atoms with Gasteiger partial charge in [-0.15, -0.1) is 0 Å². The first-order valence-corrected chi connectivity index (χ1v) is 8.42. The van der Waals surface area contributed by atoms with Gasteiger partial charge in [0, 0.05) is 19.1 Å². The summed E-state index contributed by atoms with van der Waals surface area (Å²) < 4.78 is 67.3. The van der Waals surface area contributed by atoms with Gasteiger partial charge in [0.15, 0.2) is 12.4 Å². The minimum absolute atomic E-state index is 0.0273. The number of alkyl halides is 3. The molecule has 1 rings (SSSR count). The third-order valence-electron chi connectivity index (χ3n) is 2.84. The van der Waals surface area contributed by atoms with Crippen LogP contribution in [0.4, 0.5) is 13.2 Å². The summed E-state index contributed by atoms with van der Waals surface area (Å²) in [5, 5.41) is 0. The molecule has 1 aromatic carbocycles. The fourth-order valence-corrected chi connectivity index (χ4v) is 2.44. The highest BCUT2D eigenvalue weighted by Gasteiger charge is 2.30. The maximum absolute atomic E-state index is 12.0. The third-order valence-corrected chi connectivity index (χ3v) is 3.92. The molecule has 0 spiro atoms. The van der Waals surface area contributed by atoms with Crippen molar-refractivity contribution >= 4 is 15.9 Å². The van der Waals surface area contributed by atoms with Crippen LogP contribution in [0.5, 0.6) is 0 Å². The molecule has 0 amide bonds. The number of benzene rings is 1. The van der Waals surface area contributed by atoms with E-state index in [1.54, 1.807) is 30.3 Å². The molecule has 0 heterocycles. The molecule has 0 N–H and O–H groups in total. The molecule has 0 aliphatic heterocycles. The quantitative estimate of drug-likeness (QED) is 0.382. The Kier molecular flexibility index (Phi) is 7.59. The van der Waals surface area contributed by atoms with Gasteiger partial charge in [-0.3, -0.25) is 8.98 Å². The first-order valence-electron chi connectivity index (χ1n) is 6.84. The molecule has 0 bridgehead atoms. The second kappa shape index (κ2) is 8.95. The highest BCUT2D eigenvalue weighted by molar-refractivity contribution is 7.86. The van der Waals surface area contributed by atoms with Crippen molar-refractivity contribution in [1.29, 1.82) is 0 Å². The van der Waals surface area contributed by atoms with Crippen molar-refractivity contribution in [2.45, 2.75) is 18.7 Å². The number of carbonyl (C=O) groups excluding carboxylic acids is 1. The van der Waals surface area contributed by atoms with E-state index in [2.05, 4.69) is 4.18 Å². The van der Waals surface area contributed by atoms with Crippen molar-refractivity contribution in [3.05, 3.63) is 48.0 Å². The fourth-order valence-electron chi connectivity index (χ4n) is 1.68. The summed E-state index contributed by atoms with van der Waals surface area (Å²) in [6.45, 7) is -1.87. The fraction of sp³-hybridized carbons (Fsp3) is 0.400. The number of carbonyl (C=O) groups is 1. The topological polar surface area (TPSA) is 69.7 Å². The van der Waals surface area contributed by atoms with Crippen molar-refractivity contribution in [3.8, 4) is 0 Å². The number of hydrogen-bond acceptors (Lipinski definition) is 5. The van der Waals surface area contributed by atoms with Crippen LogP contribution in [0, 0.1) is 0 Å². The van der Waals surface area contributed by atoms with Gasteiger partial charge in [0.2, 0.25) is 0 Å². The van der Waals surface area contributed by atoms with Crippen molar-refractivity contribution in [2.24, 2.45) is 0 Å². The van der Waals surface area contributed by atoms with Crippen molar-refractivity contribution < 1.29 is 35.3 Å². The van der Waals surface area contributed by atoms with Crippen LogP contribution in [-0.2, 0) is 19.0 Å². The van der Waals surface area contributed by atoms with Gasteiger partial charge in [-0.1, -0.05) is 42.5 Å². The van der Waals surface area contributed by atoms with Crippen LogP contribution in [0.25, 0.3) is 0 Å². The molecule has 134 valence electrons. The summed E-state index contributed by atoms with van der Waals surface area (Å²) in [7, 11) is -3.01. The lowest BCUT2D eigenvalue weighted by atomic mass is 10.1. The number of rotatable bonds is 9. The summed E-state index contributed by atoms with van der Waals surface area (Å²) in [6.07, 6.45) is -3.06. The van der Waals surface area contributed by atoms with E-state index in [0.717, 1.165) is 6.08 Å². The first-order chi connectivity index (χ1) is 11.1. The monoisotopic (exact) mass is 366 g/mol. The van der Waals surface area contributed by atoms with E-state index in [-0.39, 0.29) is 12.2 Å². The zero-order valence-corrected chi connectivity index (χ0v) is 13.6. The lowest BCUT2D eigenvalue weighted by Gasteiger charge is -2.10. The SMILES string of the molecule is COC(/C=C\CS(=O)(=O)OCC(F)(F)F)CC(=O)c1ccccc1. The first kappa shape index (κ1) is 20.3. The molecule has 0 aliphatic carbocycles. The Hall–Kier alpha value is -1.71. The van der Waals surface area contributed by atoms with E-state index in [1.807, 2.05) is 0 Å². The van der Waals surface area contributed by atoms with E-state index in [4.69, 9.17) is 4.74 Å². The number of ether oxygens (including phenoxy) is 1. The average molecular weight is 366 g/mol. The molecule has 9 heteroatoms. The van der Waals surface area contributed by atoms with E-state index in [1.165, 1.54) is 13.2 Å². The van der Waals surface area contributed by atoms with Crippen LogP contribution in [0.1, 0.15) is 16.8 Å². The Morgan fingerprint density at radius 2 is 1.88 bits per heavy atom.